The van der Waals surface area contributed by atoms with Crippen molar-refractivity contribution in [3.8, 4) is 11.5 Å². The number of likely N-dealkylation sites (tertiary alicyclic amines) is 1. The predicted octanol–water partition coefficient (Wildman–Crippen LogP) is 1.79. The SMILES string of the molecule is COc1ccc(CCNC[C@@]2(O)CCN(C(=O)CCc3ccccc3)C[C@@H]2O)cc1OC. The molecule has 1 aliphatic heterocycles. The molecular weight excluding hydrogens is 408 g/mol. The van der Waals surface area contributed by atoms with E-state index in [9.17, 15) is 15.0 Å². The minimum atomic E-state index is -1.24. The molecule has 32 heavy (non-hydrogen) atoms. The molecule has 174 valence electrons. The van der Waals surface area contributed by atoms with Crippen molar-refractivity contribution < 1.29 is 24.5 Å². The van der Waals surface area contributed by atoms with Crippen molar-refractivity contribution in [1.82, 2.24) is 10.2 Å². The smallest absolute Gasteiger partial charge is 0.222 e. The van der Waals surface area contributed by atoms with E-state index in [4.69, 9.17) is 9.47 Å². The molecule has 0 spiro atoms. The largest absolute Gasteiger partial charge is 0.493 e. The molecular formula is C25H34N2O5. The summed E-state index contributed by atoms with van der Waals surface area (Å²) >= 11 is 0. The molecule has 0 aromatic heterocycles. The number of methoxy groups -OCH3 is 2. The lowest BCUT2D eigenvalue weighted by Crippen LogP contribution is -2.60. The summed E-state index contributed by atoms with van der Waals surface area (Å²) in [5, 5.41) is 24.7. The maximum atomic E-state index is 12.5. The summed E-state index contributed by atoms with van der Waals surface area (Å²) < 4.78 is 10.6. The summed E-state index contributed by atoms with van der Waals surface area (Å²) in [5.74, 6) is 1.38. The molecule has 1 amide bonds. The Hall–Kier alpha value is -2.61. The fourth-order valence-corrected chi connectivity index (χ4v) is 4.03. The van der Waals surface area contributed by atoms with Gasteiger partial charge in [0.15, 0.2) is 11.5 Å². The third-order valence-corrected chi connectivity index (χ3v) is 6.12. The summed E-state index contributed by atoms with van der Waals surface area (Å²) in [6.45, 7) is 1.51. The van der Waals surface area contributed by atoms with E-state index in [1.54, 1.807) is 19.1 Å². The Morgan fingerprint density at radius 2 is 1.84 bits per heavy atom. The highest BCUT2D eigenvalue weighted by Gasteiger charge is 2.41. The van der Waals surface area contributed by atoms with Gasteiger partial charge in [0.05, 0.1) is 14.2 Å². The zero-order valence-electron chi connectivity index (χ0n) is 18.9. The van der Waals surface area contributed by atoms with E-state index < -0.39 is 11.7 Å². The number of nitrogens with one attached hydrogen (secondary N) is 1. The van der Waals surface area contributed by atoms with Crippen LogP contribution in [0.2, 0.25) is 0 Å². The van der Waals surface area contributed by atoms with E-state index in [0.29, 0.717) is 43.9 Å². The predicted molar refractivity (Wildman–Crippen MR) is 123 cm³/mol. The van der Waals surface area contributed by atoms with Crippen molar-refractivity contribution in [1.29, 1.82) is 0 Å². The Labute approximate surface area is 190 Å². The Balaban J connectivity index is 1.42. The van der Waals surface area contributed by atoms with E-state index in [1.165, 1.54) is 0 Å². The van der Waals surface area contributed by atoms with Crippen LogP contribution in [-0.2, 0) is 17.6 Å². The Bertz CT molecular complexity index is 876. The molecule has 0 radical (unpaired) electrons. The maximum Gasteiger partial charge on any atom is 0.222 e. The molecule has 2 aromatic rings. The number of aliphatic hydroxyl groups is 2. The Kier molecular flexibility index (Phi) is 8.50. The number of benzene rings is 2. The van der Waals surface area contributed by atoms with Crippen molar-refractivity contribution in [3.63, 3.8) is 0 Å². The molecule has 2 aromatic carbocycles. The quantitative estimate of drug-likeness (QED) is 0.486. The normalized spacial score (nSPS) is 20.8. The standard InChI is InChI=1S/C25H34N2O5/c1-31-21-10-8-20(16-22(21)32-2)12-14-26-18-25(30)13-15-27(17-23(25)28)24(29)11-9-19-6-4-3-5-7-19/h3-8,10,16,23,26,28,30H,9,11-15,17-18H2,1-2H3/t23-,25-/m0/s1. The van der Waals surface area contributed by atoms with Crippen LogP contribution in [0.1, 0.15) is 24.0 Å². The summed E-state index contributed by atoms with van der Waals surface area (Å²) in [5.41, 5.74) is 0.962. The summed E-state index contributed by atoms with van der Waals surface area (Å²) in [6.07, 6.45) is 1.18. The molecule has 1 heterocycles. The van der Waals surface area contributed by atoms with Gasteiger partial charge < -0.3 is 29.9 Å². The van der Waals surface area contributed by atoms with Gasteiger partial charge in [0.2, 0.25) is 5.91 Å². The molecule has 0 saturated carbocycles. The van der Waals surface area contributed by atoms with E-state index >= 15 is 0 Å². The maximum absolute atomic E-state index is 12.5. The fourth-order valence-electron chi connectivity index (χ4n) is 4.03. The zero-order valence-corrected chi connectivity index (χ0v) is 18.9. The molecule has 0 unspecified atom stereocenters. The minimum absolute atomic E-state index is 0.0105. The third-order valence-electron chi connectivity index (χ3n) is 6.12. The van der Waals surface area contributed by atoms with Gasteiger partial charge in [-0.15, -0.1) is 0 Å². The van der Waals surface area contributed by atoms with Crippen molar-refractivity contribution in [3.05, 3.63) is 59.7 Å². The lowest BCUT2D eigenvalue weighted by atomic mass is 9.88. The van der Waals surface area contributed by atoms with Gasteiger partial charge >= 0.3 is 0 Å². The topological polar surface area (TPSA) is 91.3 Å². The molecule has 0 bridgehead atoms. The van der Waals surface area contributed by atoms with Crippen molar-refractivity contribution in [2.75, 3.05) is 40.4 Å². The summed E-state index contributed by atoms with van der Waals surface area (Å²) in [6, 6.07) is 15.7. The first-order valence-corrected chi connectivity index (χ1v) is 11.1. The van der Waals surface area contributed by atoms with E-state index in [-0.39, 0.29) is 19.0 Å². The first-order chi connectivity index (χ1) is 15.4. The first kappa shape index (κ1) is 24.0. The van der Waals surface area contributed by atoms with E-state index in [0.717, 1.165) is 17.5 Å². The molecule has 3 rings (SSSR count). The number of carbonyl (C=O) groups excluding carboxylic acids is 1. The molecule has 1 aliphatic rings. The second kappa shape index (κ2) is 11.3. The molecule has 7 nitrogen and oxygen atoms in total. The van der Waals surface area contributed by atoms with Gasteiger partial charge in [0.25, 0.3) is 0 Å². The van der Waals surface area contributed by atoms with Gasteiger partial charge in [-0.3, -0.25) is 4.79 Å². The Morgan fingerprint density at radius 1 is 1.09 bits per heavy atom. The highest BCUT2D eigenvalue weighted by Crippen LogP contribution is 2.28. The lowest BCUT2D eigenvalue weighted by Gasteiger charge is -2.42. The first-order valence-electron chi connectivity index (χ1n) is 11.1. The van der Waals surface area contributed by atoms with Crippen LogP contribution in [0, 0.1) is 0 Å². The van der Waals surface area contributed by atoms with Crippen LogP contribution in [-0.4, -0.2) is 73.1 Å². The number of β-amino-alcohol motifs (C(OH)–C–C–N with tert-alkyl or cyclic N) is 1. The van der Waals surface area contributed by atoms with Crippen LogP contribution in [0.3, 0.4) is 0 Å². The van der Waals surface area contributed by atoms with Gasteiger partial charge in [-0.25, -0.2) is 0 Å². The van der Waals surface area contributed by atoms with Gasteiger partial charge in [0.1, 0.15) is 11.7 Å². The number of piperidine rings is 1. The van der Waals surface area contributed by atoms with Crippen LogP contribution < -0.4 is 14.8 Å². The zero-order chi connectivity index (χ0) is 23.0. The monoisotopic (exact) mass is 442 g/mol. The number of ether oxygens (including phenoxy) is 2. The Morgan fingerprint density at radius 3 is 2.53 bits per heavy atom. The van der Waals surface area contributed by atoms with Crippen molar-refractivity contribution >= 4 is 5.91 Å². The molecule has 0 aliphatic carbocycles. The van der Waals surface area contributed by atoms with Gasteiger partial charge in [-0.2, -0.15) is 0 Å². The third kappa shape index (κ3) is 6.22. The molecule has 3 N–H and O–H groups in total. The van der Waals surface area contributed by atoms with Crippen LogP contribution in [0.4, 0.5) is 0 Å². The second-order valence-electron chi connectivity index (χ2n) is 8.31. The van der Waals surface area contributed by atoms with E-state index in [2.05, 4.69) is 5.32 Å². The van der Waals surface area contributed by atoms with Gasteiger partial charge in [0, 0.05) is 26.1 Å². The number of hydrogen-bond donors (Lipinski definition) is 3. The number of amides is 1. The van der Waals surface area contributed by atoms with Crippen LogP contribution in [0.25, 0.3) is 0 Å². The van der Waals surface area contributed by atoms with Gasteiger partial charge in [-0.05, 0) is 49.1 Å². The molecule has 1 saturated heterocycles. The average Bonchev–Trinajstić information content (AvgIpc) is 2.82. The van der Waals surface area contributed by atoms with Crippen LogP contribution in [0.15, 0.2) is 48.5 Å². The van der Waals surface area contributed by atoms with Crippen LogP contribution in [0.5, 0.6) is 11.5 Å². The van der Waals surface area contributed by atoms with Crippen molar-refractivity contribution in [2.45, 2.75) is 37.4 Å². The number of hydrogen-bond acceptors (Lipinski definition) is 6. The summed E-state index contributed by atoms with van der Waals surface area (Å²) in [4.78, 5) is 14.2. The van der Waals surface area contributed by atoms with Crippen LogP contribution >= 0.6 is 0 Å². The second-order valence-corrected chi connectivity index (χ2v) is 8.31. The fraction of sp³-hybridized carbons (Fsp3) is 0.480. The minimum Gasteiger partial charge on any atom is -0.493 e. The van der Waals surface area contributed by atoms with Crippen molar-refractivity contribution in [2.24, 2.45) is 0 Å². The number of rotatable bonds is 10. The van der Waals surface area contributed by atoms with Gasteiger partial charge in [-0.1, -0.05) is 36.4 Å². The van der Waals surface area contributed by atoms with E-state index in [1.807, 2.05) is 48.5 Å². The lowest BCUT2D eigenvalue weighted by molar-refractivity contribution is -0.148. The number of carbonyl (C=O) groups is 1. The highest BCUT2D eigenvalue weighted by molar-refractivity contribution is 5.76. The number of nitrogens with zero attached hydrogens (tertiary/aromatic N) is 1. The molecule has 1 fully saturated rings. The molecule has 2 atom stereocenters. The highest BCUT2D eigenvalue weighted by atomic mass is 16.5. The number of aliphatic hydroxyl groups excluding tert-OH is 1. The summed E-state index contributed by atoms with van der Waals surface area (Å²) in [7, 11) is 3.21. The average molecular weight is 443 g/mol. The molecule has 7 heteroatoms. The number of aryl methyl sites for hydroxylation is 1.